The van der Waals surface area contributed by atoms with Crippen LogP contribution in [-0.4, -0.2) is 41.3 Å². The summed E-state index contributed by atoms with van der Waals surface area (Å²) in [4.78, 5) is 25.4. The van der Waals surface area contributed by atoms with Crippen molar-refractivity contribution < 1.29 is 19.1 Å². The Bertz CT molecular complexity index is 944. The van der Waals surface area contributed by atoms with Crippen LogP contribution in [-0.2, 0) is 14.3 Å². The highest BCUT2D eigenvalue weighted by Crippen LogP contribution is 2.47. The normalized spacial score (nSPS) is 21.9. The zero-order valence-electron chi connectivity index (χ0n) is 18.4. The SMILES string of the molecule is C=C=C[C@@H]1C(C(C#N)(C#N)CC#CCOC(C)=O)=CC2CCC1N2C(=O)OC(C)(C)C. The molecule has 7 nitrogen and oxygen atoms in total. The second kappa shape index (κ2) is 9.57. The first-order chi connectivity index (χ1) is 14.6. The number of fused-ring (bicyclic) bond motifs is 2. The number of hydrogen-bond donors (Lipinski definition) is 0. The molecule has 2 aliphatic rings. The summed E-state index contributed by atoms with van der Waals surface area (Å²) in [6.07, 6.45) is 4.48. The van der Waals surface area contributed by atoms with E-state index < -0.39 is 29.0 Å². The molecule has 2 heterocycles. The van der Waals surface area contributed by atoms with E-state index in [9.17, 15) is 20.1 Å². The van der Waals surface area contributed by atoms with Crippen molar-refractivity contribution in [3.05, 3.63) is 30.0 Å². The number of hydrogen-bond acceptors (Lipinski definition) is 6. The van der Waals surface area contributed by atoms with Gasteiger partial charge in [0.1, 0.15) is 5.60 Å². The Morgan fingerprint density at radius 1 is 1.26 bits per heavy atom. The molecule has 1 amide bonds. The minimum absolute atomic E-state index is 0.0412. The predicted molar refractivity (Wildman–Crippen MR) is 113 cm³/mol. The number of ether oxygens (including phenoxy) is 2. The molecular formula is C24H27N3O4. The third-order valence-corrected chi connectivity index (χ3v) is 5.22. The first-order valence-electron chi connectivity index (χ1n) is 10.1. The van der Waals surface area contributed by atoms with Gasteiger partial charge in [0.05, 0.1) is 18.2 Å². The van der Waals surface area contributed by atoms with Crippen molar-refractivity contribution >= 4 is 12.1 Å². The van der Waals surface area contributed by atoms with Gasteiger partial charge in [-0.05, 0) is 45.3 Å². The van der Waals surface area contributed by atoms with Crippen molar-refractivity contribution in [1.29, 1.82) is 10.5 Å². The fourth-order valence-corrected chi connectivity index (χ4v) is 3.97. The predicted octanol–water partition coefficient (Wildman–Crippen LogP) is 3.64. The molecule has 0 N–H and O–H groups in total. The van der Waals surface area contributed by atoms with Crippen molar-refractivity contribution in [1.82, 2.24) is 4.90 Å². The molecule has 7 heteroatoms. The third kappa shape index (κ3) is 5.37. The van der Waals surface area contributed by atoms with Crippen LogP contribution >= 0.6 is 0 Å². The molecule has 2 unspecified atom stereocenters. The van der Waals surface area contributed by atoms with Crippen LogP contribution in [0.3, 0.4) is 0 Å². The summed E-state index contributed by atoms with van der Waals surface area (Å²) in [5.74, 6) is 4.61. The molecule has 2 aliphatic heterocycles. The average Bonchev–Trinajstić information content (AvgIpc) is 3.01. The lowest BCUT2D eigenvalue weighted by Gasteiger charge is -2.41. The quantitative estimate of drug-likeness (QED) is 0.297. The van der Waals surface area contributed by atoms with Crippen LogP contribution in [0.5, 0.6) is 0 Å². The largest absolute Gasteiger partial charge is 0.453 e. The van der Waals surface area contributed by atoms with Crippen molar-refractivity contribution in [2.24, 2.45) is 11.3 Å². The van der Waals surface area contributed by atoms with E-state index in [4.69, 9.17) is 9.47 Å². The molecule has 0 aromatic carbocycles. The number of nitriles is 2. The van der Waals surface area contributed by atoms with E-state index in [1.165, 1.54) is 6.92 Å². The number of esters is 1. The molecule has 3 atom stereocenters. The van der Waals surface area contributed by atoms with Crippen molar-refractivity contribution in [3.8, 4) is 24.0 Å². The van der Waals surface area contributed by atoms with E-state index >= 15 is 0 Å². The molecule has 0 aromatic rings. The highest BCUT2D eigenvalue weighted by Gasteiger charge is 2.51. The van der Waals surface area contributed by atoms with Gasteiger partial charge in [0.15, 0.2) is 12.0 Å². The minimum Gasteiger partial charge on any atom is -0.453 e. The van der Waals surface area contributed by atoms with Crippen molar-refractivity contribution in [2.45, 2.75) is 64.6 Å². The van der Waals surface area contributed by atoms with E-state index in [2.05, 4.69) is 36.3 Å². The molecule has 0 saturated carbocycles. The van der Waals surface area contributed by atoms with E-state index in [1.807, 2.05) is 26.8 Å². The molecule has 2 rings (SSSR count). The van der Waals surface area contributed by atoms with E-state index in [1.54, 1.807) is 11.0 Å². The summed E-state index contributed by atoms with van der Waals surface area (Å²) in [6.45, 7) is 10.3. The summed E-state index contributed by atoms with van der Waals surface area (Å²) in [5, 5.41) is 19.9. The van der Waals surface area contributed by atoms with Crippen LogP contribution in [0.15, 0.2) is 30.0 Å². The molecule has 31 heavy (non-hydrogen) atoms. The van der Waals surface area contributed by atoms with E-state index in [0.717, 1.165) is 0 Å². The highest BCUT2D eigenvalue weighted by atomic mass is 16.6. The molecule has 0 spiro atoms. The van der Waals surface area contributed by atoms with Crippen LogP contribution in [0.25, 0.3) is 0 Å². The maximum absolute atomic E-state index is 12.8. The fraction of sp³-hybridized carbons (Fsp3) is 0.542. The van der Waals surface area contributed by atoms with Gasteiger partial charge >= 0.3 is 12.1 Å². The molecule has 162 valence electrons. The van der Waals surface area contributed by atoms with Crippen LogP contribution in [0.4, 0.5) is 4.79 Å². The second-order valence-corrected chi connectivity index (χ2v) is 8.56. The standard InChI is InChI=1S/C24H27N3O4/c1-6-9-19-20(24(15-25,16-26)12-7-8-13-30-17(2)28)14-18-10-11-21(19)27(18)22(29)31-23(3,4)5/h9,14,18-19,21H,1,10-13H2,2-5H3/t18?,19-,21?/m1/s1. The van der Waals surface area contributed by atoms with Gasteiger partial charge in [-0.15, -0.1) is 5.73 Å². The maximum Gasteiger partial charge on any atom is 0.411 e. The molecular weight excluding hydrogens is 394 g/mol. The molecule has 0 radical (unpaired) electrons. The van der Waals surface area contributed by atoms with Crippen LogP contribution in [0.2, 0.25) is 0 Å². The summed E-state index contributed by atoms with van der Waals surface area (Å²) < 4.78 is 10.4. The van der Waals surface area contributed by atoms with E-state index in [0.29, 0.717) is 18.4 Å². The van der Waals surface area contributed by atoms with Crippen LogP contribution in [0.1, 0.15) is 47.0 Å². The Balaban J connectivity index is 2.41. The Kier molecular flexibility index (Phi) is 7.35. The molecule has 1 fully saturated rings. The van der Waals surface area contributed by atoms with Gasteiger partial charge in [-0.1, -0.05) is 24.5 Å². The van der Waals surface area contributed by atoms with E-state index in [-0.39, 0.29) is 25.1 Å². The van der Waals surface area contributed by atoms with Gasteiger partial charge in [0.25, 0.3) is 0 Å². The Labute approximate surface area is 183 Å². The lowest BCUT2D eigenvalue weighted by Crippen LogP contribution is -2.50. The first-order valence-corrected chi connectivity index (χ1v) is 10.1. The first kappa shape index (κ1) is 23.8. The van der Waals surface area contributed by atoms with Gasteiger partial charge in [-0.2, -0.15) is 10.5 Å². The van der Waals surface area contributed by atoms with Crippen LogP contribution in [0, 0.1) is 45.8 Å². The summed E-state index contributed by atoms with van der Waals surface area (Å²) in [6, 6.07) is 3.74. The average molecular weight is 421 g/mol. The van der Waals surface area contributed by atoms with Gasteiger partial charge in [-0.3, -0.25) is 9.69 Å². The number of nitrogens with zero attached hydrogens (tertiary/aromatic N) is 3. The van der Waals surface area contributed by atoms with Gasteiger partial charge in [-0.25, -0.2) is 4.79 Å². The Morgan fingerprint density at radius 2 is 1.94 bits per heavy atom. The summed E-state index contributed by atoms with van der Waals surface area (Å²) in [7, 11) is 0. The number of carbonyl (C=O) groups is 2. The molecule has 2 bridgehead atoms. The number of rotatable bonds is 4. The van der Waals surface area contributed by atoms with Crippen LogP contribution < -0.4 is 0 Å². The molecule has 0 aromatic heterocycles. The number of amides is 1. The lowest BCUT2D eigenvalue weighted by atomic mass is 9.70. The zero-order chi connectivity index (χ0) is 23.2. The monoisotopic (exact) mass is 421 g/mol. The fourth-order valence-electron chi connectivity index (χ4n) is 3.97. The van der Waals surface area contributed by atoms with Crippen molar-refractivity contribution in [2.75, 3.05) is 6.61 Å². The number of carbonyl (C=O) groups excluding carboxylic acids is 2. The maximum atomic E-state index is 12.8. The smallest absolute Gasteiger partial charge is 0.411 e. The minimum atomic E-state index is -1.50. The summed E-state index contributed by atoms with van der Waals surface area (Å²) >= 11 is 0. The topological polar surface area (TPSA) is 103 Å². The lowest BCUT2D eigenvalue weighted by molar-refractivity contribution is -0.139. The molecule has 0 aliphatic carbocycles. The Hall–Kier alpha value is -3.46. The third-order valence-electron chi connectivity index (χ3n) is 5.22. The zero-order valence-corrected chi connectivity index (χ0v) is 18.4. The summed E-state index contributed by atoms with van der Waals surface area (Å²) in [5.41, 5.74) is 1.23. The molecule has 1 saturated heterocycles. The second-order valence-electron chi connectivity index (χ2n) is 8.56. The Morgan fingerprint density at radius 3 is 2.48 bits per heavy atom. The van der Waals surface area contributed by atoms with Gasteiger partial charge in [0, 0.05) is 25.3 Å². The van der Waals surface area contributed by atoms with Crippen molar-refractivity contribution in [3.63, 3.8) is 0 Å². The van der Waals surface area contributed by atoms with Gasteiger partial charge < -0.3 is 9.47 Å². The van der Waals surface area contributed by atoms with Gasteiger partial charge in [0.2, 0.25) is 0 Å². The highest BCUT2D eigenvalue weighted by molar-refractivity contribution is 5.71.